The van der Waals surface area contributed by atoms with Gasteiger partial charge in [0.25, 0.3) is 5.91 Å². The molecule has 3 N–H and O–H groups in total. The normalized spacial score (nSPS) is 25.5. The molecule has 1 amide bonds. The summed E-state index contributed by atoms with van der Waals surface area (Å²) in [6, 6.07) is 5.06. The first-order chi connectivity index (χ1) is 17.0. The van der Waals surface area contributed by atoms with E-state index in [2.05, 4.69) is 15.0 Å². The Morgan fingerprint density at radius 1 is 1.31 bits per heavy atom. The number of hydrogen-bond donors (Lipinski definition) is 2. The molecule has 3 aliphatic rings. The summed E-state index contributed by atoms with van der Waals surface area (Å²) in [6.07, 6.45) is 0.0267. The van der Waals surface area contributed by atoms with E-state index in [1.54, 1.807) is 18.5 Å². The van der Waals surface area contributed by atoms with Crippen LogP contribution in [0.15, 0.2) is 30.6 Å². The zero-order valence-electron chi connectivity index (χ0n) is 19.5. The van der Waals surface area contributed by atoms with Crippen molar-refractivity contribution in [2.24, 2.45) is 5.73 Å². The maximum atomic E-state index is 13.1. The number of halogens is 3. The molecule has 6 rings (SSSR count). The van der Waals surface area contributed by atoms with E-state index in [0.29, 0.717) is 47.7 Å². The van der Waals surface area contributed by atoms with Crippen molar-refractivity contribution in [2.45, 2.75) is 43.6 Å². The number of aliphatic hydroxyl groups is 1. The van der Waals surface area contributed by atoms with Crippen LogP contribution in [0.3, 0.4) is 0 Å². The Labute approximate surface area is 204 Å². The largest absolute Gasteiger partial charge is 0.484 e. The van der Waals surface area contributed by atoms with E-state index in [4.69, 9.17) is 10.5 Å². The second-order valence-corrected chi connectivity index (χ2v) is 10.1. The lowest BCUT2D eigenvalue weighted by molar-refractivity contribution is -0.148. The number of ether oxygens (including phenoxy) is 1. The van der Waals surface area contributed by atoms with Gasteiger partial charge in [-0.25, -0.2) is 9.50 Å². The standard InChI is InChI=1S/C24H25F3N6O3/c1-23(12-34)8-13-5-16(20-19(21(28)35)22-29-3-2-4-33(22)30-20)17(7-18(13)36-23)32-10-14-6-15(32)9-31(14)11-24(25,26)27/h2-5,7,14-15,34H,6,8-12H2,1H3,(H2,28,35)/t14-,15-,23-/m1/s1. The number of benzene rings is 1. The predicted molar refractivity (Wildman–Crippen MR) is 124 cm³/mol. The molecule has 0 saturated carbocycles. The number of alkyl halides is 3. The van der Waals surface area contributed by atoms with Gasteiger partial charge in [-0.05, 0) is 31.0 Å². The third-order valence-corrected chi connectivity index (χ3v) is 7.38. The van der Waals surface area contributed by atoms with Crippen LogP contribution in [0.5, 0.6) is 5.75 Å². The molecule has 0 unspecified atom stereocenters. The van der Waals surface area contributed by atoms with Crippen LogP contribution in [-0.2, 0) is 6.42 Å². The summed E-state index contributed by atoms with van der Waals surface area (Å²) in [5, 5.41) is 14.5. The van der Waals surface area contributed by atoms with Gasteiger partial charge in [-0.2, -0.15) is 18.3 Å². The van der Waals surface area contributed by atoms with Gasteiger partial charge in [0.2, 0.25) is 0 Å². The lowest BCUT2D eigenvalue weighted by atomic mass is 9.95. The van der Waals surface area contributed by atoms with Gasteiger partial charge in [0.15, 0.2) is 5.65 Å². The van der Waals surface area contributed by atoms with Crippen LogP contribution in [0.4, 0.5) is 18.9 Å². The Morgan fingerprint density at radius 2 is 2.11 bits per heavy atom. The number of aliphatic hydroxyl groups excluding tert-OH is 1. The van der Waals surface area contributed by atoms with Gasteiger partial charge in [-0.15, -0.1) is 0 Å². The van der Waals surface area contributed by atoms with E-state index in [1.165, 1.54) is 9.42 Å². The van der Waals surface area contributed by atoms with Crippen LogP contribution in [0.25, 0.3) is 16.9 Å². The number of nitrogens with zero attached hydrogens (tertiary/aromatic N) is 5. The zero-order chi connectivity index (χ0) is 25.4. The van der Waals surface area contributed by atoms with E-state index in [9.17, 15) is 23.1 Å². The molecule has 0 spiro atoms. The van der Waals surface area contributed by atoms with Crippen molar-refractivity contribution in [2.75, 3.05) is 31.1 Å². The number of nitrogens with two attached hydrogens (primary N) is 1. The molecule has 2 fully saturated rings. The Balaban J connectivity index is 1.47. The third kappa shape index (κ3) is 3.66. The molecule has 3 atom stereocenters. The highest BCUT2D eigenvalue weighted by atomic mass is 19.4. The Morgan fingerprint density at radius 3 is 2.78 bits per heavy atom. The number of aromatic nitrogens is 3. The van der Waals surface area contributed by atoms with Crippen LogP contribution in [-0.4, -0.2) is 80.6 Å². The molecule has 3 aromatic rings. The van der Waals surface area contributed by atoms with Gasteiger partial charge < -0.3 is 20.5 Å². The summed E-state index contributed by atoms with van der Waals surface area (Å²) in [7, 11) is 0. The van der Waals surface area contributed by atoms with Crippen LogP contribution >= 0.6 is 0 Å². The molecule has 190 valence electrons. The molecular formula is C24H25F3N6O3. The highest BCUT2D eigenvalue weighted by molar-refractivity contribution is 6.06. The van der Waals surface area contributed by atoms with Crippen molar-refractivity contribution >= 4 is 17.2 Å². The molecule has 5 heterocycles. The summed E-state index contributed by atoms with van der Waals surface area (Å²) in [6.45, 7) is 1.38. The Hall–Kier alpha value is -3.38. The predicted octanol–water partition coefficient (Wildman–Crippen LogP) is 2.01. The minimum absolute atomic E-state index is 0.132. The highest BCUT2D eigenvalue weighted by Crippen LogP contribution is 2.47. The zero-order valence-corrected chi connectivity index (χ0v) is 19.5. The van der Waals surface area contributed by atoms with Crippen LogP contribution in [0.2, 0.25) is 0 Å². The van der Waals surface area contributed by atoms with Gasteiger partial charge in [-0.1, -0.05) is 0 Å². The van der Waals surface area contributed by atoms with Crippen LogP contribution < -0.4 is 15.4 Å². The molecule has 2 aromatic heterocycles. The molecule has 3 aliphatic heterocycles. The summed E-state index contributed by atoms with van der Waals surface area (Å²) in [5.74, 6) is -0.0800. The van der Waals surface area contributed by atoms with E-state index in [1.807, 2.05) is 19.1 Å². The van der Waals surface area contributed by atoms with E-state index in [0.717, 1.165) is 5.56 Å². The smallest absolute Gasteiger partial charge is 0.401 e. The van der Waals surface area contributed by atoms with Crippen molar-refractivity contribution in [1.82, 2.24) is 19.5 Å². The topological polar surface area (TPSA) is 109 Å². The lowest BCUT2D eigenvalue weighted by Crippen LogP contribution is -2.49. The number of amides is 1. The third-order valence-electron chi connectivity index (χ3n) is 7.38. The first kappa shape index (κ1) is 23.0. The first-order valence-corrected chi connectivity index (χ1v) is 11.7. The molecule has 2 bridgehead atoms. The Bertz CT molecular complexity index is 1380. The van der Waals surface area contributed by atoms with E-state index < -0.39 is 24.2 Å². The van der Waals surface area contributed by atoms with Crippen LogP contribution in [0, 0.1) is 0 Å². The lowest BCUT2D eigenvalue weighted by Gasteiger charge is -2.36. The number of piperazine rings is 1. The molecule has 9 nitrogen and oxygen atoms in total. The molecule has 0 radical (unpaired) electrons. The fraction of sp³-hybridized carbons (Fsp3) is 0.458. The SMILES string of the molecule is C[C@]1(CO)Cc2cc(-c3nn4cccnc4c3C(N)=O)c(N3C[C@H]4C[C@@H]3CN4CC(F)(F)F)cc2O1. The summed E-state index contributed by atoms with van der Waals surface area (Å²) >= 11 is 0. The molecule has 0 aliphatic carbocycles. The number of rotatable bonds is 5. The number of anilines is 1. The van der Waals surface area contributed by atoms with E-state index in [-0.39, 0.29) is 30.8 Å². The number of fused-ring (bicyclic) bond motifs is 4. The molecule has 1 aromatic carbocycles. The van der Waals surface area contributed by atoms with Crippen LogP contribution in [0.1, 0.15) is 29.3 Å². The Kier molecular flexibility index (Phi) is 5.00. The van der Waals surface area contributed by atoms with Crippen molar-refractivity contribution < 1.29 is 27.8 Å². The minimum atomic E-state index is -4.25. The minimum Gasteiger partial charge on any atom is -0.484 e. The van der Waals surface area contributed by atoms with E-state index >= 15 is 0 Å². The van der Waals surface area contributed by atoms with Gasteiger partial charge >= 0.3 is 6.18 Å². The molecule has 36 heavy (non-hydrogen) atoms. The van der Waals surface area contributed by atoms with Crippen molar-refractivity contribution in [3.63, 3.8) is 0 Å². The van der Waals surface area contributed by atoms with Gasteiger partial charge in [0, 0.05) is 55.6 Å². The molecular weight excluding hydrogens is 477 g/mol. The number of carbonyl (C=O) groups excluding carboxylic acids is 1. The van der Waals surface area contributed by atoms with Gasteiger partial charge in [-0.3, -0.25) is 9.69 Å². The second-order valence-electron chi connectivity index (χ2n) is 10.1. The average molecular weight is 502 g/mol. The van der Waals surface area contributed by atoms with Gasteiger partial charge in [0.1, 0.15) is 22.6 Å². The second kappa shape index (κ2) is 7.81. The summed E-state index contributed by atoms with van der Waals surface area (Å²) in [5.41, 5.74) is 8.00. The maximum absolute atomic E-state index is 13.1. The fourth-order valence-electron chi connectivity index (χ4n) is 5.84. The maximum Gasteiger partial charge on any atom is 0.401 e. The highest BCUT2D eigenvalue weighted by Gasteiger charge is 2.48. The average Bonchev–Trinajstić information content (AvgIpc) is 3.56. The first-order valence-electron chi connectivity index (χ1n) is 11.7. The molecule has 2 saturated heterocycles. The van der Waals surface area contributed by atoms with Crippen molar-refractivity contribution in [3.05, 3.63) is 41.7 Å². The summed E-state index contributed by atoms with van der Waals surface area (Å²) < 4.78 is 46.7. The number of hydrogen-bond acceptors (Lipinski definition) is 7. The van der Waals surface area contributed by atoms with Gasteiger partial charge in [0.05, 0.1) is 18.8 Å². The number of primary amides is 1. The fourth-order valence-corrected chi connectivity index (χ4v) is 5.84. The van der Waals surface area contributed by atoms with Crippen molar-refractivity contribution in [3.8, 4) is 17.0 Å². The van der Waals surface area contributed by atoms with Crippen molar-refractivity contribution in [1.29, 1.82) is 0 Å². The monoisotopic (exact) mass is 502 g/mol. The quantitative estimate of drug-likeness (QED) is 0.549. The molecule has 12 heteroatoms. The number of likely N-dealkylation sites (tertiary alicyclic amines) is 1. The summed E-state index contributed by atoms with van der Waals surface area (Å²) in [4.78, 5) is 20.4. The number of carbonyl (C=O) groups is 1.